The number of carbonyl (C=O) groups excluding carboxylic acids is 2. The molecule has 0 spiro atoms. The Morgan fingerprint density at radius 1 is 1.32 bits per heavy atom. The zero-order chi connectivity index (χ0) is 20.1. The van der Waals surface area contributed by atoms with Gasteiger partial charge in [-0.25, -0.2) is 18.2 Å². The van der Waals surface area contributed by atoms with Gasteiger partial charge in [-0.3, -0.25) is 4.79 Å². The third-order valence-corrected chi connectivity index (χ3v) is 6.52. The van der Waals surface area contributed by atoms with Crippen LogP contribution in [-0.2, 0) is 30.9 Å². The molecule has 1 aromatic heterocycles. The van der Waals surface area contributed by atoms with E-state index in [0.29, 0.717) is 37.0 Å². The van der Waals surface area contributed by atoms with E-state index in [2.05, 4.69) is 10.3 Å². The zero-order valence-electron chi connectivity index (χ0n) is 15.1. The molecule has 150 valence electrons. The molecule has 1 saturated heterocycles. The van der Waals surface area contributed by atoms with Crippen LogP contribution in [0.5, 0.6) is 0 Å². The van der Waals surface area contributed by atoms with Crippen LogP contribution in [0.1, 0.15) is 23.0 Å². The fraction of sp³-hybridized carbons (Fsp3) is 0.353. The average molecular weight is 425 g/mol. The molecule has 0 aliphatic carbocycles. The number of hydrogen-bond acceptors (Lipinski definition) is 8. The van der Waals surface area contributed by atoms with Crippen molar-refractivity contribution in [2.45, 2.75) is 18.4 Å². The lowest BCUT2D eigenvalue weighted by molar-refractivity contribution is -0.114. The van der Waals surface area contributed by atoms with Crippen molar-refractivity contribution in [3.63, 3.8) is 0 Å². The number of nitrogens with zero attached hydrogens (tertiary/aromatic N) is 2. The van der Waals surface area contributed by atoms with Crippen LogP contribution in [0.4, 0.5) is 5.13 Å². The molecule has 1 aliphatic rings. The summed E-state index contributed by atoms with van der Waals surface area (Å²) in [5, 5.41) is 4.27. The van der Waals surface area contributed by atoms with Gasteiger partial charge in [0.05, 0.1) is 18.1 Å². The number of esters is 1. The van der Waals surface area contributed by atoms with Crippen LogP contribution in [0.2, 0.25) is 0 Å². The van der Waals surface area contributed by atoms with Gasteiger partial charge in [-0.2, -0.15) is 4.31 Å². The van der Waals surface area contributed by atoms with Crippen molar-refractivity contribution in [3.05, 3.63) is 40.9 Å². The molecule has 2 heterocycles. The average Bonchev–Trinajstić information content (AvgIpc) is 3.15. The molecule has 1 amide bonds. The van der Waals surface area contributed by atoms with E-state index in [1.54, 1.807) is 12.1 Å². The number of nitrogens with one attached hydrogen (secondary N) is 1. The number of thiazole rings is 1. The minimum atomic E-state index is -3.62. The molecule has 2 aromatic rings. The second kappa shape index (κ2) is 8.78. The smallest absolute Gasteiger partial charge is 0.358 e. The third kappa shape index (κ3) is 4.93. The molecule has 9 nitrogen and oxygen atoms in total. The molecular weight excluding hydrogens is 406 g/mol. The molecule has 1 fully saturated rings. The lowest BCUT2D eigenvalue weighted by Crippen LogP contribution is -2.40. The van der Waals surface area contributed by atoms with Crippen LogP contribution in [0.25, 0.3) is 0 Å². The number of amides is 1. The first-order valence-corrected chi connectivity index (χ1v) is 10.8. The summed E-state index contributed by atoms with van der Waals surface area (Å²) in [5.74, 6) is -0.943. The van der Waals surface area contributed by atoms with Gasteiger partial charge in [0, 0.05) is 25.4 Å². The highest BCUT2D eigenvalue weighted by atomic mass is 32.2. The standard InChI is InChI=1S/C17H19N3O6S2/c1-12(21)18-17-19-15(11-27-17)16(22)26-10-13-3-2-4-14(9-13)28(23,24)20-5-7-25-8-6-20/h2-4,9,11H,5-8,10H2,1H3,(H,18,19,21). The van der Waals surface area contributed by atoms with Gasteiger partial charge in [0.25, 0.3) is 0 Å². The molecule has 1 aromatic carbocycles. The highest BCUT2D eigenvalue weighted by molar-refractivity contribution is 7.89. The van der Waals surface area contributed by atoms with Crippen LogP contribution < -0.4 is 5.32 Å². The van der Waals surface area contributed by atoms with Crippen molar-refractivity contribution in [2.75, 3.05) is 31.6 Å². The molecule has 11 heteroatoms. The van der Waals surface area contributed by atoms with Crippen LogP contribution in [0.3, 0.4) is 0 Å². The van der Waals surface area contributed by atoms with Gasteiger partial charge in [-0.1, -0.05) is 12.1 Å². The monoisotopic (exact) mass is 425 g/mol. The Balaban J connectivity index is 1.65. The van der Waals surface area contributed by atoms with Crippen molar-refractivity contribution in [2.24, 2.45) is 0 Å². The van der Waals surface area contributed by atoms with E-state index in [4.69, 9.17) is 9.47 Å². The quantitative estimate of drug-likeness (QED) is 0.697. The minimum absolute atomic E-state index is 0.0749. The molecule has 1 N–H and O–H groups in total. The summed E-state index contributed by atoms with van der Waals surface area (Å²) in [6.45, 7) is 2.59. The van der Waals surface area contributed by atoms with Gasteiger partial charge < -0.3 is 14.8 Å². The third-order valence-electron chi connectivity index (χ3n) is 3.87. The molecular formula is C17H19N3O6S2. The maximum absolute atomic E-state index is 12.7. The Kier molecular flexibility index (Phi) is 6.39. The number of aromatic nitrogens is 1. The number of benzene rings is 1. The number of morpholine rings is 1. The lowest BCUT2D eigenvalue weighted by atomic mass is 10.2. The maximum Gasteiger partial charge on any atom is 0.358 e. The Labute approximate surface area is 166 Å². The van der Waals surface area contributed by atoms with Gasteiger partial charge in [0.15, 0.2) is 10.8 Å². The van der Waals surface area contributed by atoms with Crippen LogP contribution >= 0.6 is 11.3 Å². The van der Waals surface area contributed by atoms with Crippen LogP contribution in [0, 0.1) is 0 Å². The summed E-state index contributed by atoms with van der Waals surface area (Å²) in [6, 6.07) is 6.28. The van der Waals surface area contributed by atoms with Gasteiger partial charge in [-0.15, -0.1) is 11.3 Å². The Morgan fingerprint density at radius 2 is 2.07 bits per heavy atom. The van der Waals surface area contributed by atoms with Crippen molar-refractivity contribution < 1.29 is 27.5 Å². The number of sulfonamides is 1. The summed E-state index contributed by atoms with van der Waals surface area (Å²) in [7, 11) is -3.62. The van der Waals surface area contributed by atoms with Crippen molar-refractivity contribution >= 4 is 38.4 Å². The highest BCUT2D eigenvalue weighted by Crippen LogP contribution is 2.20. The van der Waals surface area contributed by atoms with E-state index < -0.39 is 16.0 Å². The van der Waals surface area contributed by atoms with Crippen LogP contribution in [0.15, 0.2) is 34.5 Å². The van der Waals surface area contributed by atoms with E-state index in [0.717, 1.165) is 11.3 Å². The van der Waals surface area contributed by atoms with E-state index >= 15 is 0 Å². The van der Waals surface area contributed by atoms with Crippen molar-refractivity contribution in [1.29, 1.82) is 0 Å². The van der Waals surface area contributed by atoms with Gasteiger partial charge in [-0.05, 0) is 17.7 Å². The molecule has 0 bridgehead atoms. The first-order valence-electron chi connectivity index (χ1n) is 8.43. The minimum Gasteiger partial charge on any atom is -0.456 e. The largest absolute Gasteiger partial charge is 0.456 e. The first kappa shape index (κ1) is 20.4. The summed E-state index contributed by atoms with van der Waals surface area (Å²) in [4.78, 5) is 27.2. The fourth-order valence-electron chi connectivity index (χ4n) is 2.53. The molecule has 0 radical (unpaired) electrons. The second-order valence-corrected chi connectivity index (χ2v) is 8.76. The number of anilines is 1. The predicted molar refractivity (Wildman–Crippen MR) is 102 cm³/mol. The summed E-state index contributed by atoms with van der Waals surface area (Å²) in [6.07, 6.45) is 0. The SMILES string of the molecule is CC(=O)Nc1nc(C(=O)OCc2cccc(S(=O)(=O)N3CCOCC3)c2)cs1. The summed E-state index contributed by atoms with van der Waals surface area (Å²) < 4.78 is 37.2. The van der Waals surface area contributed by atoms with Gasteiger partial charge in [0.2, 0.25) is 15.9 Å². The molecule has 3 rings (SSSR count). The maximum atomic E-state index is 12.7. The predicted octanol–water partition coefficient (Wildman–Crippen LogP) is 1.48. The fourth-order valence-corrected chi connectivity index (χ4v) is 4.73. The Hall–Kier alpha value is -2.34. The molecule has 28 heavy (non-hydrogen) atoms. The van der Waals surface area contributed by atoms with Gasteiger partial charge in [0.1, 0.15) is 6.61 Å². The highest BCUT2D eigenvalue weighted by Gasteiger charge is 2.26. The number of carbonyl (C=O) groups is 2. The number of ether oxygens (including phenoxy) is 2. The van der Waals surface area contributed by atoms with E-state index in [1.807, 2.05) is 0 Å². The second-order valence-electron chi connectivity index (χ2n) is 5.96. The molecule has 0 atom stereocenters. The molecule has 1 aliphatic heterocycles. The van der Waals surface area contributed by atoms with Crippen LogP contribution in [-0.4, -0.2) is 55.9 Å². The van der Waals surface area contributed by atoms with Crippen molar-refractivity contribution in [3.8, 4) is 0 Å². The topological polar surface area (TPSA) is 115 Å². The van der Waals surface area contributed by atoms with Crippen molar-refractivity contribution in [1.82, 2.24) is 9.29 Å². The van der Waals surface area contributed by atoms with E-state index in [1.165, 1.54) is 28.7 Å². The van der Waals surface area contributed by atoms with E-state index in [9.17, 15) is 18.0 Å². The Morgan fingerprint density at radius 3 is 2.79 bits per heavy atom. The Bertz CT molecular complexity index is 967. The molecule has 0 unspecified atom stereocenters. The number of hydrogen-bond donors (Lipinski definition) is 1. The summed E-state index contributed by atoms with van der Waals surface area (Å²) in [5.41, 5.74) is 0.617. The lowest BCUT2D eigenvalue weighted by Gasteiger charge is -2.26. The molecule has 0 saturated carbocycles. The van der Waals surface area contributed by atoms with Gasteiger partial charge >= 0.3 is 5.97 Å². The zero-order valence-corrected chi connectivity index (χ0v) is 16.7. The first-order chi connectivity index (χ1) is 13.4. The normalized spacial score (nSPS) is 15.2. The number of rotatable bonds is 6. The summed E-state index contributed by atoms with van der Waals surface area (Å²) >= 11 is 1.11. The van der Waals surface area contributed by atoms with E-state index in [-0.39, 0.29) is 23.1 Å².